The Bertz CT molecular complexity index is 1970. The molecule has 5 N–H and O–H groups in total. The van der Waals surface area contributed by atoms with Crippen LogP contribution in [-0.4, -0.2) is 25.9 Å². The first-order valence-electron chi connectivity index (χ1n) is 10.9. The molecule has 0 aliphatic rings. The summed E-state index contributed by atoms with van der Waals surface area (Å²) in [4.78, 5) is 24.2. The molecule has 0 bridgehead atoms. The molecule has 0 amide bonds. The second-order valence-electron chi connectivity index (χ2n) is 7.88. The third-order valence-electron chi connectivity index (χ3n) is 5.14. The quantitative estimate of drug-likeness (QED) is 0.151. The Morgan fingerprint density at radius 1 is 0.641 bits per heavy atom. The Morgan fingerprint density at radius 2 is 1.28 bits per heavy atom. The molecule has 0 spiro atoms. The molecule has 4 aromatic carbocycles. The highest BCUT2D eigenvalue weighted by Gasteiger charge is 2.17. The molecule has 39 heavy (non-hydrogen) atoms. The lowest BCUT2D eigenvalue weighted by atomic mass is 10.2. The van der Waals surface area contributed by atoms with Gasteiger partial charge in [0.05, 0.1) is 22.0 Å². The number of para-hydroxylation sites is 1. The lowest BCUT2D eigenvalue weighted by Gasteiger charge is -2.12. The van der Waals surface area contributed by atoms with Crippen LogP contribution in [0, 0.1) is 0 Å². The van der Waals surface area contributed by atoms with Crippen LogP contribution in [0.3, 0.4) is 0 Å². The van der Waals surface area contributed by atoms with E-state index in [1.54, 1.807) is 30.3 Å². The maximum atomic E-state index is 12.8. The summed E-state index contributed by atoms with van der Waals surface area (Å²) in [6.45, 7) is 0. The Kier molecular flexibility index (Phi) is 7.68. The molecule has 0 unspecified atom stereocenters. The number of nitrogens with zero attached hydrogens (tertiary/aromatic N) is 2. The van der Waals surface area contributed by atoms with Gasteiger partial charge < -0.3 is 5.32 Å². The van der Waals surface area contributed by atoms with Gasteiger partial charge in [0.15, 0.2) is 5.36 Å². The van der Waals surface area contributed by atoms with Crippen molar-refractivity contribution in [1.82, 2.24) is 0 Å². The number of nitrogens with one attached hydrogen (secondary N) is 3. The monoisotopic (exact) mass is 569 g/mol. The van der Waals surface area contributed by atoms with Crippen molar-refractivity contribution in [2.45, 2.75) is 9.79 Å². The van der Waals surface area contributed by atoms with Gasteiger partial charge in [-0.3, -0.25) is 29.5 Å². The van der Waals surface area contributed by atoms with Gasteiger partial charge in [-0.15, -0.1) is 0 Å². The van der Waals surface area contributed by atoms with Crippen LogP contribution in [0.15, 0.2) is 115 Å². The normalized spacial score (nSPS) is 12.8. The van der Waals surface area contributed by atoms with E-state index in [2.05, 4.69) is 26.4 Å². The third-order valence-corrected chi connectivity index (χ3v) is 6.90. The van der Waals surface area contributed by atoms with Gasteiger partial charge in [-0.25, -0.2) is 0 Å². The van der Waals surface area contributed by atoms with E-state index in [1.807, 2.05) is 0 Å². The number of hydrogen-bond acceptors (Lipinski definition) is 11. The molecule has 200 valence electrons. The smallest absolute Gasteiger partial charge is 0.296 e. The zero-order valence-corrected chi connectivity index (χ0v) is 21.3. The van der Waals surface area contributed by atoms with Crippen LogP contribution in [0.25, 0.3) is 0 Å². The van der Waals surface area contributed by atoms with Gasteiger partial charge in [0, 0.05) is 5.69 Å². The van der Waals surface area contributed by atoms with Crippen molar-refractivity contribution in [2.75, 3.05) is 16.2 Å². The Hall–Kier alpha value is -4.70. The fourth-order valence-corrected chi connectivity index (χ4v) is 4.42. The van der Waals surface area contributed by atoms with Crippen LogP contribution in [0.1, 0.15) is 0 Å². The molecule has 0 radical (unpaired) electrons. The van der Waals surface area contributed by atoms with Gasteiger partial charge in [-0.2, -0.15) is 27.0 Å². The van der Waals surface area contributed by atoms with E-state index in [9.17, 15) is 31.0 Å². The average Bonchev–Trinajstić information content (AvgIpc) is 2.88. The van der Waals surface area contributed by atoms with E-state index in [0.29, 0.717) is 5.69 Å². The van der Waals surface area contributed by atoms with Crippen LogP contribution in [-0.2, 0) is 20.2 Å². The second-order valence-corrected chi connectivity index (χ2v) is 10.7. The number of hydrogen-bond donors (Lipinski definition) is 5. The maximum Gasteiger partial charge on any atom is 0.296 e. The van der Waals surface area contributed by atoms with Crippen LogP contribution in [0.5, 0.6) is 0 Å². The third kappa shape index (κ3) is 6.79. The Labute approximate surface area is 221 Å². The van der Waals surface area contributed by atoms with Crippen molar-refractivity contribution in [3.63, 3.8) is 0 Å². The molecular weight excluding hydrogens is 550 g/mol. The van der Waals surface area contributed by atoms with Crippen LogP contribution < -0.4 is 37.7 Å². The zero-order valence-electron chi connectivity index (χ0n) is 19.6. The topological polar surface area (TPSA) is 204 Å². The summed E-state index contributed by atoms with van der Waals surface area (Å²) < 4.78 is 65.0. The lowest BCUT2D eigenvalue weighted by molar-refractivity contribution is 0.481. The van der Waals surface area contributed by atoms with Crippen molar-refractivity contribution in [3.05, 3.63) is 116 Å². The largest absolute Gasteiger partial charge is 0.354 e. The predicted octanol–water partition coefficient (Wildman–Crippen LogP) is 1.38. The second kappa shape index (κ2) is 11.0. The van der Waals surface area contributed by atoms with E-state index in [1.165, 1.54) is 24.3 Å². The summed E-state index contributed by atoms with van der Waals surface area (Å²) in [7, 11) is -9.03. The van der Waals surface area contributed by atoms with Crippen molar-refractivity contribution in [2.24, 2.45) is 10.2 Å². The van der Waals surface area contributed by atoms with E-state index in [4.69, 9.17) is 4.55 Å². The molecular formula is C24H19N5O8S2. The molecule has 0 saturated heterocycles. The summed E-state index contributed by atoms with van der Waals surface area (Å²) >= 11 is 0. The lowest BCUT2D eigenvalue weighted by Crippen LogP contribution is -2.47. The van der Waals surface area contributed by atoms with Crippen LogP contribution in [0.4, 0.5) is 22.7 Å². The Balaban J connectivity index is 1.63. The van der Waals surface area contributed by atoms with E-state index >= 15 is 0 Å². The van der Waals surface area contributed by atoms with Crippen molar-refractivity contribution in [3.8, 4) is 0 Å². The zero-order chi connectivity index (χ0) is 28.2. The highest BCUT2D eigenvalue weighted by molar-refractivity contribution is 7.86. The minimum absolute atomic E-state index is 0.103. The van der Waals surface area contributed by atoms with Crippen molar-refractivity contribution >= 4 is 43.0 Å². The fraction of sp³-hybridized carbons (Fsp3) is 0. The van der Waals surface area contributed by atoms with E-state index < -0.39 is 41.3 Å². The predicted molar refractivity (Wildman–Crippen MR) is 142 cm³/mol. The first-order chi connectivity index (χ1) is 18.4. The molecule has 4 rings (SSSR count). The SMILES string of the molecule is O=c1cc/c(=N/Nc2ccc(Nc3ccccc3)c(S(=O)(=O)O)c2)c(=O)/c1=N\Nc1ccc(S(=O)(=O)O)cc1. The molecule has 4 aromatic rings. The molecule has 13 nitrogen and oxygen atoms in total. The van der Waals surface area contributed by atoms with Crippen molar-refractivity contribution < 1.29 is 25.9 Å². The average molecular weight is 570 g/mol. The molecule has 0 fully saturated rings. The van der Waals surface area contributed by atoms with Gasteiger partial charge in [0.25, 0.3) is 20.2 Å². The summed E-state index contributed by atoms with van der Waals surface area (Å²) in [6.07, 6.45) is 0. The van der Waals surface area contributed by atoms with Gasteiger partial charge in [-0.1, -0.05) is 18.2 Å². The first kappa shape index (κ1) is 27.3. The molecule has 0 atom stereocenters. The standard InChI is InChI=1S/C24H19N5O8S2/c30-21-13-12-20(24(31)23(21)29-26-16-6-9-18(10-7-16)38(32,33)34)28-27-17-8-11-19(22(14-17)39(35,36)37)25-15-4-2-1-3-5-15/h1-14,25-27H,(H,32,33,34)(H,35,36,37)/b28-20-,29-23-. The maximum absolute atomic E-state index is 12.8. The molecule has 0 heterocycles. The molecule has 0 aliphatic heterocycles. The van der Waals surface area contributed by atoms with Gasteiger partial charge >= 0.3 is 0 Å². The van der Waals surface area contributed by atoms with Crippen LogP contribution >= 0.6 is 0 Å². The number of anilines is 4. The minimum atomic E-state index is -4.64. The molecule has 0 saturated carbocycles. The van der Waals surface area contributed by atoms with Gasteiger partial charge in [-0.05, 0) is 66.7 Å². The summed E-state index contributed by atoms with van der Waals surface area (Å²) in [6, 6.07) is 19.6. The summed E-state index contributed by atoms with van der Waals surface area (Å²) in [5.74, 6) is 0. The van der Waals surface area contributed by atoms with E-state index in [-0.39, 0.29) is 27.3 Å². The molecule has 15 heteroatoms. The highest BCUT2D eigenvalue weighted by atomic mass is 32.2. The minimum Gasteiger partial charge on any atom is -0.354 e. The van der Waals surface area contributed by atoms with Gasteiger partial charge in [0.1, 0.15) is 10.3 Å². The number of benzene rings is 4. The highest BCUT2D eigenvalue weighted by Crippen LogP contribution is 2.28. The summed E-state index contributed by atoms with van der Waals surface area (Å²) in [5, 5.41) is 9.87. The molecule has 0 aromatic heterocycles. The van der Waals surface area contributed by atoms with Gasteiger partial charge in [0.2, 0.25) is 10.9 Å². The summed E-state index contributed by atoms with van der Waals surface area (Å²) in [5.41, 5.74) is 4.44. The van der Waals surface area contributed by atoms with Crippen molar-refractivity contribution in [1.29, 1.82) is 0 Å². The fourth-order valence-electron chi connectivity index (χ4n) is 3.27. The first-order valence-corrected chi connectivity index (χ1v) is 13.8. The molecule has 0 aliphatic carbocycles. The Morgan fingerprint density at radius 3 is 1.92 bits per heavy atom. The number of rotatable bonds is 8. The van der Waals surface area contributed by atoms with Crippen LogP contribution in [0.2, 0.25) is 0 Å². The van der Waals surface area contributed by atoms with E-state index in [0.717, 1.165) is 30.3 Å².